The lowest BCUT2D eigenvalue weighted by Crippen LogP contribution is -2.32. The molecule has 32 heavy (non-hydrogen) atoms. The van der Waals surface area contributed by atoms with E-state index in [0.29, 0.717) is 12.1 Å². The van der Waals surface area contributed by atoms with Gasteiger partial charge in [-0.3, -0.25) is 9.59 Å². The third-order valence-electron chi connectivity index (χ3n) is 5.78. The van der Waals surface area contributed by atoms with Gasteiger partial charge in [-0.25, -0.2) is 0 Å². The summed E-state index contributed by atoms with van der Waals surface area (Å²) in [7, 11) is 5.55. The minimum absolute atomic E-state index is 0.130. The molecule has 0 aromatic heterocycles. The van der Waals surface area contributed by atoms with Crippen molar-refractivity contribution >= 4 is 17.4 Å². The highest BCUT2D eigenvalue weighted by Crippen LogP contribution is 2.40. The van der Waals surface area contributed by atoms with Crippen LogP contribution in [0.1, 0.15) is 48.9 Å². The lowest BCUT2D eigenvalue weighted by molar-refractivity contribution is -0.139. The first-order valence-electron chi connectivity index (χ1n) is 10.9. The largest absolute Gasteiger partial charge is 0.507 e. The fourth-order valence-electron chi connectivity index (χ4n) is 4.14. The summed E-state index contributed by atoms with van der Waals surface area (Å²) in [6.07, 6.45) is 0.726. The number of hydrogen-bond donors (Lipinski definition) is 1. The molecule has 1 unspecified atom stereocenters. The lowest BCUT2D eigenvalue weighted by atomic mass is 9.93. The van der Waals surface area contributed by atoms with E-state index in [1.165, 1.54) is 0 Å². The van der Waals surface area contributed by atoms with Gasteiger partial charge >= 0.3 is 0 Å². The van der Waals surface area contributed by atoms with E-state index in [-0.39, 0.29) is 17.3 Å². The van der Waals surface area contributed by atoms with Gasteiger partial charge < -0.3 is 19.6 Å². The maximum Gasteiger partial charge on any atom is 0.295 e. The first kappa shape index (κ1) is 23.5. The smallest absolute Gasteiger partial charge is 0.295 e. The van der Waals surface area contributed by atoms with Crippen LogP contribution < -0.4 is 4.74 Å². The number of ether oxygens (including phenoxy) is 1. The predicted molar refractivity (Wildman–Crippen MR) is 126 cm³/mol. The average Bonchev–Trinajstić information content (AvgIpc) is 3.03. The second kappa shape index (κ2) is 10.0. The quantitative estimate of drug-likeness (QED) is 0.382. The summed E-state index contributed by atoms with van der Waals surface area (Å²) in [4.78, 5) is 29.7. The molecule has 1 heterocycles. The highest BCUT2D eigenvalue weighted by molar-refractivity contribution is 6.46. The summed E-state index contributed by atoms with van der Waals surface area (Å²) in [6.45, 7) is 5.30. The Bertz CT molecular complexity index is 1010. The van der Waals surface area contributed by atoms with Gasteiger partial charge in [-0.05, 0) is 62.3 Å². The molecule has 1 saturated heterocycles. The number of carbonyl (C=O) groups is 2. The van der Waals surface area contributed by atoms with Crippen molar-refractivity contribution in [2.24, 2.45) is 0 Å². The molecule has 1 fully saturated rings. The number of amides is 1. The molecule has 3 rings (SSSR count). The SMILES string of the molecule is COc1ccc(/C(O)=C2/C(=O)C(=O)N(CCCN(C)C)C2c2ccccc2)cc1C(C)C. The van der Waals surface area contributed by atoms with Crippen molar-refractivity contribution in [1.82, 2.24) is 9.80 Å². The summed E-state index contributed by atoms with van der Waals surface area (Å²) in [5.74, 6) is -0.492. The van der Waals surface area contributed by atoms with Gasteiger partial charge in [-0.15, -0.1) is 0 Å². The van der Waals surface area contributed by atoms with Crippen LogP contribution in [0, 0.1) is 0 Å². The number of ketones is 1. The van der Waals surface area contributed by atoms with Crippen LogP contribution in [0.4, 0.5) is 0 Å². The number of nitrogens with zero attached hydrogens (tertiary/aromatic N) is 2. The fraction of sp³-hybridized carbons (Fsp3) is 0.385. The standard InChI is InChI=1S/C26H32N2O4/c1-17(2)20-16-19(12-13-21(20)32-5)24(29)22-23(18-10-7-6-8-11-18)28(26(31)25(22)30)15-9-14-27(3)4/h6-8,10-13,16-17,23,29H,9,14-15H2,1-5H3/b24-22-. The predicted octanol–water partition coefficient (Wildman–Crippen LogP) is 4.19. The molecule has 1 N–H and O–H groups in total. The molecular weight excluding hydrogens is 404 g/mol. The van der Waals surface area contributed by atoms with Crippen LogP contribution in [0.3, 0.4) is 0 Å². The van der Waals surface area contributed by atoms with E-state index in [0.717, 1.165) is 29.8 Å². The van der Waals surface area contributed by atoms with Crippen molar-refractivity contribution in [2.75, 3.05) is 34.3 Å². The van der Waals surface area contributed by atoms with Gasteiger partial charge in [-0.2, -0.15) is 0 Å². The Labute approximate surface area is 190 Å². The van der Waals surface area contributed by atoms with Crippen LogP contribution in [0.2, 0.25) is 0 Å². The van der Waals surface area contributed by atoms with E-state index in [4.69, 9.17) is 4.74 Å². The van der Waals surface area contributed by atoms with Gasteiger partial charge in [0.1, 0.15) is 11.5 Å². The third-order valence-corrected chi connectivity index (χ3v) is 5.78. The molecule has 6 heteroatoms. The Kier molecular flexibility index (Phi) is 7.36. The second-order valence-corrected chi connectivity index (χ2v) is 8.67. The van der Waals surface area contributed by atoms with Crippen molar-refractivity contribution in [3.8, 4) is 5.75 Å². The van der Waals surface area contributed by atoms with Crippen molar-refractivity contribution in [1.29, 1.82) is 0 Å². The third kappa shape index (κ3) is 4.70. The number of aliphatic hydroxyl groups excluding tert-OH is 1. The number of rotatable bonds is 8. The molecule has 0 saturated carbocycles. The maximum absolute atomic E-state index is 13.1. The molecule has 6 nitrogen and oxygen atoms in total. The Hall–Kier alpha value is -3.12. The molecule has 1 atom stereocenters. The van der Waals surface area contributed by atoms with Crippen molar-refractivity contribution in [3.05, 3.63) is 70.8 Å². The molecule has 0 aliphatic carbocycles. The highest BCUT2D eigenvalue weighted by atomic mass is 16.5. The summed E-state index contributed by atoms with van der Waals surface area (Å²) in [5.41, 5.74) is 2.36. The number of hydrogen-bond acceptors (Lipinski definition) is 5. The van der Waals surface area contributed by atoms with Crippen LogP contribution in [-0.2, 0) is 9.59 Å². The number of Topliss-reactive ketones (excluding diaryl/α,β-unsaturated/α-hetero) is 1. The normalized spacial score (nSPS) is 18.1. The molecule has 2 aromatic carbocycles. The fourth-order valence-corrected chi connectivity index (χ4v) is 4.14. The van der Waals surface area contributed by atoms with E-state index < -0.39 is 17.7 Å². The second-order valence-electron chi connectivity index (χ2n) is 8.67. The molecule has 2 aromatic rings. The first-order chi connectivity index (χ1) is 15.3. The van der Waals surface area contributed by atoms with E-state index in [2.05, 4.69) is 0 Å². The lowest BCUT2D eigenvalue weighted by Gasteiger charge is -2.26. The van der Waals surface area contributed by atoms with Crippen LogP contribution >= 0.6 is 0 Å². The van der Waals surface area contributed by atoms with Gasteiger partial charge in [0.15, 0.2) is 0 Å². The van der Waals surface area contributed by atoms with Crippen molar-refractivity contribution < 1.29 is 19.4 Å². The van der Waals surface area contributed by atoms with Crippen LogP contribution in [-0.4, -0.2) is 60.9 Å². The van der Waals surface area contributed by atoms with Gasteiger partial charge in [0, 0.05) is 12.1 Å². The topological polar surface area (TPSA) is 70.1 Å². The highest BCUT2D eigenvalue weighted by Gasteiger charge is 2.45. The number of likely N-dealkylation sites (tertiary alicyclic amines) is 1. The van der Waals surface area contributed by atoms with Gasteiger partial charge in [0.25, 0.3) is 11.7 Å². The Balaban J connectivity index is 2.11. The van der Waals surface area contributed by atoms with E-state index in [9.17, 15) is 14.7 Å². The summed E-state index contributed by atoms with van der Waals surface area (Å²) < 4.78 is 5.45. The van der Waals surface area contributed by atoms with Gasteiger partial charge in [0.05, 0.1) is 18.7 Å². The van der Waals surface area contributed by atoms with Crippen LogP contribution in [0.25, 0.3) is 5.76 Å². The zero-order chi connectivity index (χ0) is 23.4. The van der Waals surface area contributed by atoms with Gasteiger partial charge in [0.2, 0.25) is 0 Å². The van der Waals surface area contributed by atoms with Crippen molar-refractivity contribution in [3.63, 3.8) is 0 Å². The summed E-state index contributed by atoms with van der Waals surface area (Å²) in [6, 6.07) is 14.1. The number of carbonyl (C=O) groups excluding carboxylic acids is 2. The van der Waals surface area contributed by atoms with Crippen LogP contribution in [0.15, 0.2) is 54.1 Å². The summed E-state index contributed by atoms with van der Waals surface area (Å²) in [5, 5.41) is 11.3. The van der Waals surface area contributed by atoms with E-state index in [1.54, 1.807) is 24.1 Å². The summed E-state index contributed by atoms with van der Waals surface area (Å²) >= 11 is 0. The van der Waals surface area contributed by atoms with Crippen LogP contribution in [0.5, 0.6) is 5.75 Å². The first-order valence-corrected chi connectivity index (χ1v) is 10.9. The molecule has 0 spiro atoms. The molecule has 1 amide bonds. The molecule has 0 bridgehead atoms. The Morgan fingerprint density at radius 2 is 1.81 bits per heavy atom. The molecule has 1 aliphatic rings. The minimum atomic E-state index is -0.650. The molecular formula is C26H32N2O4. The monoisotopic (exact) mass is 436 g/mol. The maximum atomic E-state index is 13.1. The van der Waals surface area contributed by atoms with E-state index >= 15 is 0 Å². The minimum Gasteiger partial charge on any atom is -0.507 e. The zero-order valence-corrected chi connectivity index (χ0v) is 19.5. The van der Waals surface area contributed by atoms with E-state index in [1.807, 2.05) is 69.2 Å². The molecule has 0 radical (unpaired) electrons. The van der Waals surface area contributed by atoms with Crippen molar-refractivity contribution in [2.45, 2.75) is 32.2 Å². The van der Waals surface area contributed by atoms with Gasteiger partial charge in [-0.1, -0.05) is 44.2 Å². The number of methoxy groups -OCH3 is 1. The Morgan fingerprint density at radius 1 is 1.12 bits per heavy atom. The number of aliphatic hydroxyl groups is 1. The Morgan fingerprint density at radius 3 is 2.41 bits per heavy atom. The molecule has 1 aliphatic heterocycles. The molecule has 170 valence electrons. The zero-order valence-electron chi connectivity index (χ0n) is 19.5. The average molecular weight is 437 g/mol. The number of benzene rings is 2.